The molecule has 3 nitrogen and oxygen atoms in total. The first kappa shape index (κ1) is 11.1. The van der Waals surface area contributed by atoms with Gasteiger partial charge in [-0.1, -0.05) is 18.2 Å². The molecule has 0 bridgehead atoms. The number of fused-ring (bicyclic) bond motifs is 1. The molecule has 1 aromatic rings. The number of nitrogens with zero attached hydrogens (tertiary/aromatic N) is 1. The van der Waals surface area contributed by atoms with Crippen LogP contribution < -0.4 is 10.1 Å². The second kappa shape index (κ2) is 5.07. The molecule has 2 heterocycles. The third-order valence-electron chi connectivity index (χ3n) is 3.81. The maximum atomic E-state index is 5.81. The van der Waals surface area contributed by atoms with E-state index in [0.717, 1.165) is 44.6 Å². The zero-order valence-corrected chi connectivity index (χ0v) is 10.2. The molecule has 3 heteroatoms. The predicted molar refractivity (Wildman–Crippen MR) is 68.2 cm³/mol. The lowest BCUT2D eigenvalue weighted by Gasteiger charge is -2.33. The highest BCUT2D eigenvalue weighted by atomic mass is 16.5. The van der Waals surface area contributed by atoms with Gasteiger partial charge in [-0.2, -0.15) is 0 Å². The summed E-state index contributed by atoms with van der Waals surface area (Å²) >= 11 is 0. The van der Waals surface area contributed by atoms with Crippen molar-refractivity contribution in [3.63, 3.8) is 0 Å². The van der Waals surface area contributed by atoms with Gasteiger partial charge >= 0.3 is 0 Å². The Hall–Kier alpha value is -1.06. The standard InChI is InChI=1S/C14H20N2O/c1-2-4-14-12(3-1)11-16(9-10-17-14)13-5-7-15-8-6-13/h1-4,13,15H,5-11H2. The molecule has 0 atom stereocenters. The van der Waals surface area contributed by atoms with E-state index in [1.165, 1.54) is 18.4 Å². The van der Waals surface area contributed by atoms with Crippen LogP contribution in [0.2, 0.25) is 0 Å². The summed E-state index contributed by atoms with van der Waals surface area (Å²) in [5.74, 6) is 1.07. The minimum Gasteiger partial charge on any atom is -0.492 e. The van der Waals surface area contributed by atoms with Crippen LogP contribution in [0.1, 0.15) is 18.4 Å². The first-order valence-electron chi connectivity index (χ1n) is 6.59. The molecule has 0 saturated carbocycles. The number of piperidine rings is 1. The Bertz CT molecular complexity index is 374. The minimum absolute atomic E-state index is 0.728. The van der Waals surface area contributed by atoms with Gasteiger partial charge in [0.2, 0.25) is 0 Å². The Balaban J connectivity index is 1.75. The maximum absolute atomic E-state index is 5.81. The molecule has 0 amide bonds. The van der Waals surface area contributed by atoms with Gasteiger partial charge in [-0.15, -0.1) is 0 Å². The van der Waals surface area contributed by atoms with Crippen molar-refractivity contribution < 1.29 is 4.74 Å². The van der Waals surface area contributed by atoms with Gasteiger partial charge < -0.3 is 10.1 Å². The van der Waals surface area contributed by atoms with Crippen LogP contribution in [-0.2, 0) is 6.54 Å². The summed E-state index contributed by atoms with van der Waals surface area (Å²) < 4.78 is 5.81. The largest absolute Gasteiger partial charge is 0.492 e. The molecule has 17 heavy (non-hydrogen) atoms. The molecule has 2 aliphatic rings. The Morgan fingerprint density at radius 2 is 2.00 bits per heavy atom. The molecule has 1 aromatic carbocycles. The molecular formula is C14H20N2O. The average Bonchev–Trinajstić information content (AvgIpc) is 2.62. The molecule has 3 rings (SSSR count). The van der Waals surface area contributed by atoms with E-state index in [9.17, 15) is 0 Å². The zero-order valence-electron chi connectivity index (χ0n) is 10.2. The summed E-state index contributed by atoms with van der Waals surface area (Å²) in [5, 5.41) is 3.43. The highest BCUT2D eigenvalue weighted by Gasteiger charge is 2.23. The first-order chi connectivity index (χ1) is 8.43. The third kappa shape index (κ3) is 2.45. The van der Waals surface area contributed by atoms with Crippen LogP contribution in [0.15, 0.2) is 24.3 Å². The Labute approximate surface area is 103 Å². The van der Waals surface area contributed by atoms with E-state index >= 15 is 0 Å². The number of nitrogens with one attached hydrogen (secondary N) is 1. The minimum atomic E-state index is 0.728. The predicted octanol–water partition coefficient (Wildman–Crippen LogP) is 1.63. The van der Waals surface area contributed by atoms with Crippen molar-refractivity contribution in [2.45, 2.75) is 25.4 Å². The normalized spacial score (nSPS) is 22.6. The van der Waals surface area contributed by atoms with E-state index in [2.05, 4.69) is 34.5 Å². The molecule has 0 aliphatic carbocycles. The molecule has 0 aromatic heterocycles. The molecule has 0 unspecified atom stereocenters. The molecule has 1 fully saturated rings. The van der Waals surface area contributed by atoms with Crippen LogP contribution in [0.25, 0.3) is 0 Å². The number of rotatable bonds is 1. The van der Waals surface area contributed by atoms with Crippen molar-refractivity contribution in [2.75, 3.05) is 26.2 Å². The van der Waals surface area contributed by atoms with Crippen LogP contribution in [0.4, 0.5) is 0 Å². The SMILES string of the molecule is c1ccc2c(c1)CN(C1CCNCC1)CCO2. The summed E-state index contributed by atoms with van der Waals surface area (Å²) in [6.07, 6.45) is 2.53. The van der Waals surface area contributed by atoms with Gasteiger partial charge in [-0.3, -0.25) is 4.90 Å². The van der Waals surface area contributed by atoms with Crippen molar-refractivity contribution in [2.24, 2.45) is 0 Å². The lowest BCUT2D eigenvalue weighted by molar-refractivity contribution is 0.142. The fraction of sp³-hybridized carbons (Fsp3) is 0.571. The van der Waals surface area contributed by atoms with E-state index < -0.39 is 0 Å². The summed E-state index contributed by atoms with van der Waals surface area (Å²) in [6, 6.07) is 9.16. The smallest absolute Gasteiger partial charge is 0.123 e. The number of para-hydroxylation sites is 1. The van der Waals surface area contributed by atoms with Crippen LogP contribution in [0, 0.1) is 0 Å². The maximum Gasteiger partial charge on any atom is 0.123 e. The zero-order chi connectivity index (χ0) is 11.5. The third-order valence-corrected chi connectivity index (χ3v) is 3.81. The number of hydrogen-bond donors (Lipinski definition) is 1. The lowest BCUT2D eigenvalue weighted by atomic mass is 10.0. The van der Waals surface area contributed by atoms with Crippen molar-refractivity contribution in [1.29, 1.82) is 0 Å². The molecular weight excluding hydrogens is 212 g/mol. The van der Waals surface area contributed by atoms with E-state index in [4.69, 9.17) is 4.74 Å². The molecule has 1 saturated heterocycles. The summed E-state index contributed by atoms with van der Waals surface area (Å²) in [6.45, 7) is 5.23. The van der Waals surface area contributed by atoms with Gasteiger partial charge in [0.15, 0.2) is 0 Å². The quantitative estimate of drug-likeness (QED) is 0.796. The van der Waals surface area contributed by atoms with Crippen LogP contribution in [0.5, 0.6) is 5.75 Å². The van der Waals surface area contributed by atoms with Crippen LogP contribution in [0.3, 0.4) is 0 Å². The fourth-order valence-electron chi connectivity index (χ4n) is 2.83. The lowest BCUT2D eigenvalue weighted by Crippen LogP contribution is -2.43. The topological polar surface area (TPSA) is 24.5 Å². The van der Waals surface area contributed by atoms with Crippen molar-refractivity contribution in [3.05, 3.63) is 29.8 Å². The van der Waals surface area contributed by atoms with Gasteiger partial charge in [-0.25, -0.2) is 0 Å². The molecule has 0 radical (unpaired) electrons. The highest BCUT2D eigenvalue weighted by molar-refractivity contribution is 5.33. The van der Waals surface area contributed by atoms with Crippen molar-refractivity contribution in [3.8, 4) is 5.75 Å². The van der Waals surface area contributed by atoms with Gasteiger partial charge in [0.25, 0.3) is 0 Å². The molecule has 0 spiro atoms. The molecule has 1 N–H and O–H groups in total. The van der Waals surface area contributed by atoms with Gasteiger partial charge in [-0.05, 0) is 32.0 Å². The summed E-state index contributed by atoms with van der Waals surface area (Å²) in [7, 11) is 0. The Morgan fingerprint density at radius 1 is 1.18 bits per heavy atom. The van der Waals surface area contributed by atoms with Gasteiger partial charge in [0.1, 0.15) is 12.4 Å². The molecule has 92 valence electrons. The van der Waals surface area contributed by atoms with E-state index in [1.807, 2.05) is 0 Å². The molecule has 2 aliphatic heterocycles. The number of ether oxygens (including phenoxy) is 1. The van der Waals surface area contributed by atoms with Crippen molar-refractivity contribution in [1.82, 2.24) is 10.2 Å². The van der Waals surface area contributed by atoms with Crippen molar-refractivity contribution >= 4 is 0 Å². The van der Waals surface area contributed by atoms with Crippen LogP contribution in [-0.4, -0.2) is 37.2 Å². The van der Waals surface area contributed by atoms with Gasteiger partial charge in [0, 0.05) is 24.7 Å². The second-order valence-electron chi connectivity index (χ2n) is 4.91. The van der Waals surface area contributed by atoms with E-state index in [0.29, 0.717) is 0 Å². The number of hydrogen-bond acceptors (Lipinski definition) is 3. The number of benzene rings is 1. The average molecular weight is 232 g/mol. The monoisotopic (exact) mass is 232 g/mol. The van der Waals surface area contributed by atoms with Crippen LogP contribution >= 0.6 is 0 Å². The first-order valence-corrected chi connectivity index (χ1v) is 6.59. The highest BCUT2D eigenvalue weighted by Crippen LogP contribution is 2.25. The summed E-state index contributed by atoms with van der Waals surface area (Å²) in [4.78, 5) is 2.59. The Morgan fingerprint density at radius 3 is 2.88 bits per heavy atom. The fourth-order valence-corrected chi connectivity index (χ4v) is 2.83. The van der Waals surface area contributed by atoms with Gasteiger partial charge in [0.05, 0.1) is 0 Å². The Kier molecular flexibility index (Phi) is 3.29. The van der Waals surface area contributed by atoms with E-state index in [-0.39, 0.29) is 0 Å². The second-order valence-corrected chi connectivity index (χ2v) is 4.91. The van der Waals surface area contributed by atoms with E-state index in [1.54, 1.807) is 0 Å². The summed E-state index contributed by atoms with van der Waals surface area (Å²) in [5.41, 5.74) is 1.34.